The van der Waals surface area contributed by atoms with Crippen molar-refractivity contribution in [1.29, 1.82) is 0 Å². The number of hydrogen-bond acceptors (Lipinski definition) is 3. The first-order valence-corrected chi connectivity index (χ1v) is 7.20. The zero-order valence-corrected chi connectivity index (χ0v) is 12.3. The molecule has 0 amide bonds. The van der Waals surface area contributed by atoms with Crippen LogP contribution < -0.4 is 10.5 Å². The Morgan fingerprint density at radius 1 is 1.21 bits per heavy atom. The molecule has 0 unspecified atom stereocenters. The minimum absolute atomic E-state index is 0.297. The van der Waals surface area contributed by atoms with Crippen molar-refractivity contribution in [3.63, 3.8) is 0 Å². The summed E-state index contributed by atoms with van der Waals surface area (Å²) in [4.78, 5) is 2.29. The topological polar surface area (TPSA) is 38.5 Å². The monoisotopic (exact) mass is 262 g/mol. The van der Waals surface area contributed by atoms with Crippen molar-refractivity contribution in [2.45, 2.75) is 37.8 Å². The number of benzene rings is 1. The number of nitrogens with two attached hydrogens (primary N) is 1. The molecule has 1 saturated carbocycles. The highest BCUT2D eigenvalue weighted by Gasteiger charge is 2.33. The summed E-state index contributed by atoms with van der Waals surface area (Å²) < 4.78 is 5.54. The average molecular weight is 262 g/mol. The Kier molecular flexibility index (Phi) is 4.83. The fourth-order valence-electron chi connectivity index (χ4n) is 3.38. The molecule has 106 valence electrons. The van der Waals surface area contributed by atoms with Crippen LogP contribution in [0.4, 0.5) is 0 Å². The summed E-state index contributed by atoms with van der Waals surface area (Å²) in [5.74, 6) is 1.49. The highest BCUT2D eigenvalue weighted by atomic mass is 16.5. The van der Waals surface area contributed by atoms with E-state index in [1.807, 2.05) is 12.1 Å². The highest BCUT2D eigenvalue weighted by Crippen LogP contribution is 2.39. The number of para-hydroxylation sites is 1. The largest absolute Gasteiger partial charge is 0.496 e. The first-order valence-electron chi connectivity index (χ1n) is 7.20. The normalized spacial score (nSPS) is 25.3. The van der Waals surface area contributed by atoms with Gasteiger partial charge in [-0.1, -0.05) is 31.0 Å². The van der Waals surface area contributed by atoms with Gasteiger partial charge in [0.05, 0.1) is 7.11 Å². The lowest BCUT2D eigenvalue weighted by Gasteiger charge is -2.39. The van der Waals surface area contributed by atoms with Gasteiger partial charge in [0.15, 0.2) is 0 Å². The molecule has 0 spiro atoms. The lowest BCUT2D eigenvalue weighted by atomic mass is 9.77. The molecule has 3 nitrogen and oxygen atoms in total. The summed E-state index contributed by atoms with van der Waals surface area (Å²) in [6, 6.07) is 8.96. The molecule has 2 N–H and O–H groups in total. The zero-order chi connectivity index (χ0) is 13.8. The molecule has 0 bridgehead atoms. The lowest BCUT2D eigenvalue weighted by molar-refractivity contribution is 0.148. The fraction of sp³-hybridized carbons (Fsp3) is 0.625. The molecule has 0 heterocycles. The molecular weight excluding hydrogens is 236 g/mol. The molecule has 1 aromatic carbocycles. The second kappa shape index (κ2) is 6.40. The van der Waals surface area contributed by atoms with E-state index < -0.39 is 0 Å². The molecule has 0 radical (unpaired) electrons. The Hall–Kier alpha value is -1.06. The fourth-order valence-corrected chi connectivity index (χ4v) is 3.38. The highest BCUT2D eigenvalue weighted by molar-refractivity contribution is 5.36. The quantitative estimate of drug-likeness (QED) is 0.907. The second-order valence-corrected chi connectivity index (χ2v) is 5.76. The van der Waals surface area contributed by atoms with E-state index in [0.29, 0.717) is 18.0 Å². The third kappa shape index (κ3) is 3.10. The third-order valence-electron chi connectivity index (χ3n) is 4.29. The van der Waals surface area contributed by atoms with Gasteiger partial charge in [-0.15, -0.1) is 0 Å². The summed E-state index contributed by atoms with van der Waals surface area (Å²) in [6.45, 7) is 0. The maximum Gasteiger partial charge on any atom is 0.123 e. The Morgan fingerprint density at radius 3 is 2.53 bits per heavy atom. The number of hydrogen-bond donors (Lipinski definition) is 1. The van der Waals surface area contributed by atoms with E-state index in [2.05, 4.69) is 31.1 Å². The van der Waals surface area contributed by atoms with Gasteiger partial charge in [-0.05, 0) is 38.9 Å². The van der Waals surface area contributed by atoms with Gasteiger partial charge in [-0.2, -0.15) is 0 Å². The van der Waals surface area contributed by atoms with E-state index in [1.165, 1.54) is 24.8 Å². The predicted octanol–water partition coefficient (Wildman–Crippen LogP) is 2.82. The van der Waals surface area contributed by atoms with Gasteiger partial charge < -0.3 is 15.4 Å². The summed E-state index contributed by atoms with van der Waals surface area (Å²) >= 11 is 0. The van der Waals surface area contributed by atoms with Crippen molar-refractivity contribution in [2.75, 3.05) is 21.2 Å². The number of ether oxygens (including phenoxy) is 1. The maximum atomic E-state index is 6.38. The minimum Gasteiger partial charge on any atom is -0.496 e. The molecule has 19 heavy (non-hydrogen) atoms. The van der Waals surface area contributed by atoms with Crippen LogP contribution in [0.25, 0.3) is 0 Å². The van der Waals surface area contributed by atoms with Crippen molar-refractivity contribution < 1.29 is 4.74 Å². The standard InChI is InChI=1S/C16H26N2O/c1-18(2)16(12-8-4-6-10-14(12)17)13-9-5-7-11-15(13)19-3/h5,7,9,11-12,14,16H,4,6,8,10,17H2,1-3H3/t12-,14+,16+/m0/s1. The Balaban J connectivity index is 2.33. The van der Waals surface area contributed by atoms with Crippen molar-refractivity contribution >= 4 is 0 Å². The number of nitrogens with zero attached hydrogens (tertiary/aromatic N) is 1. The van der Waals surface area contributed by atoms with Gasteiger partial charge in [0.1, 0.15) is 5.75 Å². The second-order valence-electron chi connectivity index (χ2n) is 5.76. The van der Waals surface area contributed by atoms with E-state index in [1.54, 1.807) is 7.11 Å². The van der Waals surface area contributed by atoms with E-state index >= 15 is 0 Å². The molecule has 1 aromatic rings. The summed E-state index contributed by atoms with van der Waals surface area (Å²) in [5, 5.41) is 0. The molecule has 0 aromatic heterocycles. The van der Waals surface area contributed by atoms with Crippen LogP contribution in [0.2, 0.25) is 0 Å². The Labute approximate surface area is 116 Å². The predicted molar refractivity (Wildman–Crippen MR) is 79.4 cm³/mol. The molecule has 3 atom stereocenters. The van der Waals surface area contributed by atoms with Crippen molar-refractivity contribution in [2.24, 2.45) is 11.7 Å². The van der Waals surface area contributed by atoms with Gasteiger partial charge in [0.25, 0.3) is 0 Å². The van der Waals surface area contributed by atoms with Crippen LogP contribution in [-0.4, -0.2) is 32.1 Å². The van der Waals surface area contributed by atoms with Crippen LogP contribution in [0, 0.1) is 5.92 Å². The van der Waals surface area contributed by atoms with Crippen LogP contribution in [0.5, 0.6) is 5.75 Å². The van der Waals surface area contributed by atoms with Crippen LogP contribution in [-0.2, 0) is 0 Å². The van der Waals surface area contributed by atoms with E-state index in [-0.39, 0.29) is 0 Å². The van der Waals surface area contributed by atoms with Crippen molar-refractivity contribution in [1.82, 2.24) is 4.90 Å². The van der Waals surface area contributed by atoms with Gasteiger partial charge >= 0.3 is 0 Å². The van der Waals surface area contributed by atoms with Crippen molar-refractivity contribution in [3.05, 3.63) is 29.8 Å². The Morgan fingerprint density at radius 2 is 1.89 bits per heavy atom. The summed E-state index contributed by atoms with van der Waals surface area (Å²) in [6.07, 6.45) is 4.91. The Bertz CT molecular complexity index is 405. The summed E-state index contributed by atoms with van der Waals surface area (Å²) in [7, 11) is 6.02. The molecular formula is C16H26N2O. The third-order valence-corrected chi connectivity index (χ3v) is 4.29. The molecule has 0 aliphatic heterocycles. The molecule has 1 aliphatic carbocycles. The maximum absolute atomic E-state index is 6.38. The van der Waals surface area contributed by atoms with Gasteiger partial charge in [-0.25, -0.2) is 0 Å². The van der Waals surface area contributed by atoms with E-state index in [4.69, 9.17) is 10.5 Å². The number of methoxy groups -OCH3 is 1. The zero-order valence-electron chi connectivity index (χ0n) is 12.3. The first kappa shape index (κ1) is 14.4. The molecule has 1 aliphatic rings. The van der Waals surface area contributed by atoms with E-state index in [0.717, 1.165) is 12.2 Å². The SMILES string of the molecule is COc1ccccc1[C@@H]([C@H]1CCCC[C@H]1N)N(C)C. The minimum atomic E-state index is 0.297. The van der Waals surface area contributed by atoms with Crippen molar-refractivity contribution in [3.8, 4) is 5.75 Å². The van der Waals surface area contributed by atoms with Crippen LogP contribution in [0.3, 0.4) is 0 Å². The number of rotatable bonds is 4. The lowest BCUT2D eigenvalue weighted by Crippen LogP contribution is -2.41. The smallest absolute Gasteiger partial charge is 0.123 e. The van der Waals surface area contributed by atoms with Gasteiger partial charge in [0, 0.05) is 17.6 Å². The molecule has 1 fully saturated rings. The molecule has 2 rings (SSSR count). The average Bonchev–Trinajstić information content (AvgIpc) is 2.41. The van der Waals surface area contributed by atoms with Gasteiger partial charge in [-0.3, -0.25) is 0 Å². The van der Waals surface area contributed by atoms with Crippen LogP contribution >= 0.6 is 0 Å². The van der Waals surface area contributed by atoms with E-state index in [9.17, 15) is 0 Å². The molecule has 3 heteroatoms. The van der Waals surface area contributed by atoms with Gasteiger partial charge in [0.2, 0.25) is 0 Å². The van der Waals surface area contributed by atoms with Crippen LogP contribution in [0.15, 0.2) is 24.3 Å². The van der Waals surface area contributed by atoms with Crippen LogP contribution in [0.1, 0.15) is 37.3 Å². The first-order chi connectivity index (χ1) is 9.15. The summed E-state index contributed by atoms with van der Waals surface area (Å²) in [5.41, 5.74) is 7.64. The molecule has 0 saturated heterocycles.